The molecule has 3 N–H and O–H groups in total. The first-order chi connectivity index (χ1) is 11.1. The maximum atomic E-state index is 11.5. The first-order valence-corrected chi connectivity index (χ1v) is 8.63. The number of hydrogen-bond donors (Lipinski definition) is 2. The molecule has 1 amide bonds. The maximum absolute atomic E-state index is 11.5. The van der Waals surface area contributed by atoms with Crippen molar-refractivity contribution in [2.24, 2.45) is 5.73 Å². The summed E-state index contributed by atoms with van der Waals surface area (Å²) in [6.45, 7) is 3.19. The fourth-order valence-corrected chi connectivity index (χ4v) is 3.67. The molecule has 2 aliphatic rings. The molecule has 1 aromatic rings. The highest BCUT2D eigenvalue weighted by Gasteiger charge is 2.36. The highest BCUT2D eigenvalue weighted by Crippen LogP contribution is 2.23. The van der Waals surface area contributed by atoms with Crippen molar-refractivity contribution in [3.05, 3.63) is 34.9 Å². The van der Waals surface area contributed by atoms with E-state index in [9.17, 15) is 4.79 Å². The number of halogens is 1. The number of amides is 1. The second kappa shape index (κ2) is 7.62. The SMILES string of the molecule is NC(=O)[C@@H]1CN(C2CCNCC2)[C@@H](Cc2ccc(Cl)cc2)CO1. The number of piperidine rings is 1. The Balaban J connectivity index is 1.72. The topological polar surface area (TPSA) is 67.6 Å². The van der Waals surface area contributed by atoms with E-state index >= 15 is 0 Å². The van der Waals surface area contributed by atoms with Crippen LogP contribution in [-0.2, 0) is 16.0 Å². The molecule has 0 aromatic heterocycles. The minimum Gasteiger partial charge on any atom is -0.367 e. The predicted molar refractivity (Wildman–Crippen MR) is 90.5 cm³/mol. The number of hydrogen-bond acceptors (Lipinski definition) is 4. The van der Waals surface area contributed by atoms with Crippen LogP contribution in [0.3, 0.4) is 0 Å². The quantitative estimate of drug-likeness (QED) is 0.866. The van der Waals surface area contributed by atoms with Crippen molar-refractivity contribution >= 4 is 17.5 Å². The lowest BCUT2D eigenvalue weighted by molar-refractivity contribution is -0.141. The highest BCUT2D eigenvalue weighted by atomic mass is 35.5. The summed E-state index contributed by atoms with van der Waals surface area (Å²) < 4.78 is 5.71. The Kier molecular flexibility index (Phi) is 5.54. The van der Waals surface area contributed by atoms with E-state index in [0.29, 0.717) is 19.2 Å². The maximum Gasteiger partial charge on any atom is 0.247 e. The van der Waals surface area contributed by atoms with Crippen molar-refractivity contribution < 1.29 is 9.53 Å². The number of ether oxygens (including phenoxy) is 1. The molecule has 126 valence electrons. The molecule has 0 radical (unpaired) electrons. The van der Waals surface area contributed by atoms with Crippen LogP contribution in [-0.4, -0.2) is 55.2 Å². The fraction of sp³-hybridized carbons (Fsp3) is 0.588. The van der Waals surface area contributed by atoms with Gasteiger partial charge >= 0.3 is 0 Å². The van der Waals surface area contributed by atoms with E-state index in [-0.39, 0.29) is 11.9 Å². The number of nitrogens with one attached hydrogen (secondary N) is 1. The molecule has 2 fully saturated rings. The summed E-state index contributed by atoms with van der Waals surface area (Å²) >= 11 is 5.97. The zero-order chi connectivity index (χ0) is 16.2. The number of primary amides is 1. The van der Waals surface area contributed by atoms with Crippen molar-refractivity contribution in [2.75, 3.05) is 26.2 Å². The van der Waals surface area contributed by atoms with Crippen LogP contribution in [0.1, 0.15) is 18.4 Å². The van der Waals surface area contributed by atoms with Crippen molar-refractivity contribution in [2.45, 2.75) is 37.5 Å². The number of nitrogens with zero attached hydrogens (tertiary/aromatic N) is 1. The summed E-state index contributed by atoms with van der Waals surface area (Å²) in [5.74, 6) is -0.367. The molecule has 1 aromatic carbocycles. The standard InChI is InChI=1S/C17H24ClN3O2/c18-13-3-1-12(2-4-13)9-15-11-23-16(17(19)22)10-21(15)14-5-7-20-8-6-14/h1-4,14-16,20H,5-11H2,(H2,19,22)/t15-,16-/m0/s1. The Morgan fingerprint density at radius 2 is 2.00 bits per heavy atom. The molecule has 2 aliphatic heterocycles. The molecular weight excluding hydrogens is 314 g/mol. The molecule has 0 saturated carbocycles. The molecule has 23 heavy (non-hydrogen) atoms. The Labute approximate surface area is 142 Å². The van der Waals surface area contributed by atoms with Gasteiger partial charge in [-0.1, -0.05) is 23.7 Å². The third-order valence-corrected chi connectivity index (χ3v) is 5.07. The van der Waals surface area contributed by atoms with Gasteiger partial charge in [0.1, 0.15) is 6.10 Å². The van der Waals surface area contributed by atoms with Gasteiger partial charge in [-0.25, -0.2) is 0 Å². The molecule has 5 nitrogen and oxygen atoms in total. The zero-order valence-corrected chi connectivity index (χ0v) is 14.0. The van der Waals surface area contributed by atoms with Crippen LogP contribution >= 0.6 is 11.6 Å². The summed E-state index contributed by atoms with van der Waals surface area (Å²) in [6.07, 6.45) is 2.60. The van der Waals surface area contributed by atoms with Gasteiger partial charge in [0.25, 0.3) is 0 Å². The average Bonchev–Trinajstić information content (AvgIpc) is 2.58. The number of benzene rings is 1. The van der Waals surface area contributed by atoms with Crippen molar-refractivity contribution in [1.82, 2.24) is 10.2 Å². The second-order valence-corrected chi connectivity index (χ2v) is 6.82. The smallest absolute Gasteiger partial charge is 0.247 e. The lowest BCUT2D eigenvalue weighted by Crippen LogP contribution is -2.59. The first-order valence-electron chi connectivity index (χ1n) is 8.25. The number of nitrogens with two attached hydrogens (primary N) is 1. The summed E-state index contributed by atoms with van der Waals surface area (Å²) in [4.78, 5) is 14.0. The van der Waals surface area contributed by atoms with E-state index in [2.05, 4.69) is 22.3 Å². The Hall–Kier alpha value is -1.14. The minimum absolute atomic E-state index is 0.273. The molecule has 2 atom stereocenters. The monoisotopic (exact) mass is 337 g/mol. The number of morpholine rings is 1. The number of carbonyl (C=O) groups excluding carboxylic acids is 1. The summed E-state index contributed by atoms with van der Waals surface area (Å²) in [5, 5.41) is 4.14. The number of carbonyl (C=O) groups is 1. The van der Waals surface area contributed by atoms with Crippen molar-refractivity contribution in [3.8, 4) is 0 Å². The van der Waals surface area contributed by atoms with Crippen LogP contribution in [0.2, 0.25) is 5.02 Å². The second-order valence-electron chi connectivity index (χ2n) is 6.39. The normalized spacial score (nSPS) is 27.0. The van der Waals surface area contributed by atoms with Crippen LogP contribution in [0.25, 0.3) is 0 Å². The van der Waals surface area contributed by atoms with Gasteiger partial charge in [-0.05, 0) is 50.0 Å². The Morgan fingerprint density at radius 3 is 2.65 bits per heavy atom. The number of rotatable bonds is 4. The van der Waals surface area contributed by atoms with Gasteiger partial charge in [0, 0.05) is 23.7 Å². The van der Waals surface area contributed by atoms with Gasteiger partial charge in [-0.3, -0.25) is 9.69 Å². The summed E-state index contributed by atoms with van der Waals surface area (Å²) in [6, 6.07) is 8.71. The molecular formula is C17H24ClN3O2. The fourth-order valence-electron chi connectivity index (χ4n) is 3.54. The minimum atomic E-state index is -0.494. The van der Waals surface area contributed by atoms with Gasteiger partial charge in [-0.15, -0.1) is 0 Å². The largest absolute Gasteiger partial charge is 0.367 e. The van der Waals surface area contributed by atoms with Crippen LogP contribution in [0.4, 0.5) is 0 Å². The van der Waals surface area contributed by atoms with Crippen LogP contribution in [0, 0.1) is 0 Å². The molecule has 2 heterocycles. The van der Waals surface area contributed by atoms with E-state index in [0.717, 1.165) is 37.4 Å². The molecule has 2 saturated heterocycles. The van der Waals surface area contributed by atoms with Crippen LogP contribution in [0.15, 0.2) is 24.3 Å². The third kappa shape index (κ3) is 4.23. The predicted octanol–water partition coefficient (Wildman–Crippen LogP) is 1.19. The summed E-state index contributed by atoms with van der Waals surface area (Å²) in [5.41, 5.74) is 6.69. The molecule has 3 rings (SSSR count). The average molecular weight is 338 g/mol. The third-order valence-electron chi connectivity index (χ3n) is 4.82. The van der Waals surface area contributed by atoms with E-state index in [4.69, 9.17) is 22.1 Å². The van der Waals surface area contributed by atoms with Gasteiger partial charge in [-0.2, -0.15) is 0 Å². The molecule has 6 heteroatoms. The van der Waals surface area contributed by atoms with E-state index in [1.807, 2.05) is 12.1 Å². The molecule has 0 bridgehead atoms. The van der Waals surface area contributed by atoms with E-state index in [1.54, 1.807) is 0 Å². The van der Waals surface area contributed by atoms with Crippen LogP contribution in [0.5, 0.6) is 0 Å². The summed E-state index contributed by atoms with van der Waals surface area (Å²) in [7, 11) is 0. The molecule has 0 aliphatic carbocycles. The Bertz CT molecular complexity index is 531. The highest BCUT2D eigenvalue weighted by molar-refractivity contribution is 6.30. The first kappa shape index (κ1) is 16.7. The van der Waals surface area contributed by atoms with Crippen molar-refractivity contribution in [1.29, 1.82) is 0 Å². The van der Waals surface area contributed by atoms with E-state index < -0.39 is 6.10 Å². The zero-order valence-electron chi connectivity index (χ0n) is 13.2. The molecule has 0 spiro atoms. The van der Waals surface area contributed by atoms with Crippen molar-refractivity contribution in [3.63, 3.8) is 0 Å². The van der Waals surface area contributed by atoms with E-state index in [1.165, 1.54) is 5.56 Å². The Morgan fingerprint density at radius 1 is 1.30 bits per heavy atom. The van der Waals surface area contributed by atoms with Gasteiger partial charge in [0.2, 0.25) is 5.91 Å². The lowest BCUT2D eigenvalue weighted by Gasteiger charge is -2.44. The van der Waals surface area contributed by atoms with Crippen LogP contribution < -0.4 is 11.1 Å². The van der Waals surface area contributed by atoms with Gasteiger partial charge in [0.05, 0.1) is 6.61 Å². The molecule has 0 unspecified atom stereocenters. The lowest BCUT2D eigenvalue weighted by atomic mass is 9.97. The van der Waals surface area contributed by atoms with Gasteiger partial charge in [0.15, 0.2) is 0 Å². The van der Waals surface area contributed by atoms with Gasteiger partial charge < -0.3 is 15.8 Å².